The maximum Gasteiger partial charge on any atom is 0.316 e. The van der Waals surface area contributed by atoms with Gasteiger partial charge in [-0.25, -0.2) is 9.97 Å². The van der Waals surface area contributed by atoms with E-state index in [1.54, 1.807) is 23.9 Å². The first-order valence-corrected chi connectivity index (χ1v) is 56.9. The average Bonchev–Trinajstić information content (AvgIpc) is 1.65. The summed E-state index contributed by atoms with van der Waals surface area (Å²) < 4.78 is 50.2. The number of aromatic amines is 2. The predicted molar refractivity (Wildman–Crippen MR) is 600 cm³/mol. The summed E-state index contributed by atoms with van der Waals surface area (Å²) in [6.45, 7) is 46.3. The van der Waals surface area contributed by atoms with Gasteiger partial charge in [0.2, 0.25) is 0 Å². The Morgan fingerprint density at radius 3 is 1.63 bits per heavy atom. The van der Waals surface area contributed by atoms with Gasteiger partial charge in [0.25, 0.3) is 17.7 Å². The van der Waals surface area contributed by atoms with Crippen molar-refractivity contribution in [2.24, 2.45) is 0 Å². The van der Waals surface area contributed by atoms with Crippen LogP contribution in [0, 0.1) is 27.7 Å². The van der Waals surface area contributed by atoms with Crippen molar-refractivity contribution >= 4 is 51.7 Å². The Balaban J connectivity index is 0.000000248. The number of aromatic nitrogens is 8. The number of halogens is 1. The zero-order valence-electron chi connectivity index (χ0n) is 92.0. The maximum absolute atomic E-state index is 14.1. The fourth-order valence-corrected chi connectivity index (χ4v) is 19.5. The molecule has 11 rings (SSSR count). The zero-order valence-corrected chi connectivity index (χ0v) is 93.6. The minimum absolute atomic E-state index is 0.00659. The van der Waals surface area contributed by atoms with E-state index in [4.69, 9.17) is 44.8 Å². The van der Waals surface area contributed by atoms with Crippen LogP contribution >= 0.6 is 11.6 Å². The third kappa shape index (κ3) is 38.0. The van der Waals surface area contributed by atoms with E-state index in [0.29, 0.717) is 88.9 Å². The maximum atomic E-state index is 14.1. The van der Waals surface area contributed by atoms with Crippen LogP contribution in [0.4, 0.5) is 5.69 Å². The van der Waals surface area contributed by atoms with E-state index < -0.39 is 17.4 Å². The van der Waals surface area contributed by atoms with Crippen LogP contribution in [-0.4, -0.2) is 105 Å². The Morgan fingerprint density at radius 1 is 0.521 bits per heavy atom. The Labute approximate surface area is 873 Å². The lowest BCUT2D eigenvalue weighted by Gasteiger charge is -2.25. The molecule has 0 saturated carbocycles. The van der Waals surface area contributed by atoms with Crippen LogP contribution in [-0.2, 0) is 47.2 Å². The van der Waals surface area contributed by atoms with Crippen molar-refractivity contribution in [2.45, 2.75) is 424 Å². The average molecular weight is 2010 g/mol. The summed E-state index contributed by atoms with van der Waals surface area (Å²) in [5, 5.41) is 30.3. The first kappa shape index (κ1) is 117. The van der Waals surface area contributed by atoms with Crippen molar-refractivity contribution < 1.29 is 42.0 Å². The van der Waals surface area contributed by atoms with E-state index >= 15 is 0 Å². The van der Waals surface area contributed by atoms with E-state index in [1.165, 1.54) is 197 Å². The summed E-state index contributed by atoms with van der Waals surface area (Å²) >= 11 is 4.64. The van der Waals surface area contributed by atoms with Crippen LogP contribution in [0.15, 0.2) is 127 Å². The number of phenols is 1. The number of para-hydroxylation sites is 2. The SMILES string of the molecule is CCCCCCC(Oc1ccc(C)cc1C)C(=O)NCC(C)c1nc2c(Cl)c(Oc3ccccc3OC)nn2[nH]1.CCCCCCCCN(CCCCCCCC)C(=O)c1cc(Cc2c(C(C)C)cc(C(C)C)cc2C(C)C)cc(C)c1O.CCCCCCCCOc1cc(CCCCCCCC)ccc1OS(=O)Nc1cc(Cc2ccc(CCCCCCCC)cc2C)cc(-c2nc3cc(C(C)(C)C)[nH]n3n2)c1. The lowest BCUT2D eigenvalue weighted by molar-refractivity contribution is -0.128. The van der Waals surface area contributed by atoms with Crippen LogP contribution in [0.5, 0.6) is 40.4 Å². The number of phenolic OH excluding ortho intramolecular Hbond substituents is 1. The van der Waals surface area contributed by atoms with Gasteiger partial charge in [-0.05, 0) is 237 Å². The number of benzene rings is 7. The van der Waals surface area contributed by atoms with Gasteiger partial charge >= 0.3 is 11.3 Å². The third-order valence-corrected chi connectivity index (χ3v) is 28.7. The normalized spacial score (nSPS) is 12.3. The number of nitrogens with zero attached hydrogens (tertiary/aromatic N) is 7. The van der Waals surface area contributed by atoms with E-state index in [9.17, 15) is 18.9 Å². The molecule has 790 valence electrons. The number of aryl methyl sites for hydroxylation is 6. The van der Waals surface area contributed by atoms with Gasteiger partial charge in [0.05, 0.1) is 25.0 Å². The molecule has 0 fully saturated rings. The number of unbranched alkanes of at least 4 members (excludes halogenated alkanes) is 28. The first-order chi connectivity index (χ1) is 69.4. The molecule has 0 radical (unpaired) electrons. The van der Waals surface area contributed by atoms with Crippen molar-refractivity contribution in [3.05, 3.63) is 222 Å². The van der Waals surface area contributed by atoms with Gasteiger partial charge in [0.15, 0.2) is 51.2 Å². The zero-order chi connectivity index (χ0) is 104. The number of fused-ring (bicyclic) bond motifs is 2. The van der Waals surface area contributed by atoms with Crippen molar-refractivity contribution in [1.82, 2.24) is 49.8 Å². The van der Waals surface area contributed by atoms with Crippen molar-refractivity contribution in [3.8, 4) is 51.8 Å². The number of carbonyl (C=O) groups excluding carboxylic acids is 2. The molecule has 3 unspecified atom stereocenters. The number of methoxy groups -OCH3 is 1. The lowest BCUT2D eigenvalue weighted by atomic mass is 9.82. The Hall–Kier alpha value is -10.1. The number of rotatable bonds is 63. The molecule has 7 aromatic carbocycles. The number of anilines is 1. The number of amides is 2. The van der Waals surface area contributed by atoms with Gasteiger partial charge in [0, 0.05) is 48.3 Å². The topological polar surface area (TPSA) is 237 Å². The third-order valence-electron chi connectivity index (χ3n) is 27.6. The summed E-state index contributed by atoms with van der Waals surface area (Å²) in [4.78, 5) is 38.9. The number of ether oxygens (including phenoxy) is 4. The molecule has 0 bridgehead atoms. The summed E-state index contributed by atoms with van der Waals surface area (Å²) in [6.07, 6.45) is 44.9. The molecule has 4 aromatic heterocycles. The highest BCUT2D eigenvalue weighted by atomic mass is 35.5. The lowest BCUT2D eigenvalue weighted by Crippen LogP contribution is -2.40. The number of aromatic hydroxyl groups is 1. The summed E-state index contributed by atoms with van der Waals surface area (Å²) in [5.41, 5.74) is 20.1. The fraction of sp³-hybridized carbons (Fsp3) is 0.574. The van der Waals surface area contributed by atoms with Gasteiger partial charge in [-0.1, -0.05) is 374 Å². The highest BCUT2D eigenvalue weighted by Gasteiger charge is 2.29. The molecule has 2 amide bonds. The molecule has 5 N–H and O–H groups in total. The highest BCUT2D eigenvalue weighted by Crippen LogP contribution is 2.40. The van der Waals surface area contributed by atoms with Gasteiger partial charge in [-0.3, -0.25) is 24.5 Å². The van der Waals surface area contributed by atoms with E-state index in [0.717, 1.165) is 160 Å². The minimum atomic E-state index is -1.90. The first-order valence-electron chi connectivity index (χ1n) is 55.4. The number of hydrogen-bond acceptors (Lipinski definition) is 13. The molecule has 0 aliphatic carbocycles. The largest absolute Gasteiger partial charge is 0.507 e. The van der Waals surface area contributed by atoms with Crippen LogP contribution in [0.25, 0.3) is 22.7 Å². The fourth-order valence-electron chi connectivity index (χ4n) is 18.7. The van der Waals surface area contributed by atoms with Crippen molar-refractivity contribution in [1.29, 1.82) is 0 Å². The van der Waals surface area contributed by atoms with Crippen LogP contribution in [0.1, 0.15) is 453 Å². The molecule has 0 aliphatic rings. The second-order valence-corrected chi connectivity index (χ2v) is 43.6. The van der Waals surface area contributed by atoms with Gasteiger partial charge < -0.3 is 38.5 Å². The number of nitrogens with one attached hydrogen (secondary N) is 4. The number of H-pyrrole nitrogens is 2. The molecule has 144 heavy (non-hydrogen) atoms. The second-order valence-electron chi connectivity index (χ2n) is 42.4. The molecule has 20 nitrogen and oxygen atoms in total. The molecule has 3 atom stereocenters. The van der Waals surface area contributed by atoms with Crippen LogP contribution in [0.3, 0.4) is 0 Å². The minimum Gasteiger partial charge on any atom is -0.507 e. The highest BCUT2D eigenvalue weighted by molar-refractivity contribution is 7.82. The van der Waals surface area contributed by atoms with E-state index in [2.05, 4.69) is 214 Å². The molecular weight excluding hydrogens is 1830 g/mol. The molecule has 0 aliphatic heterocycles. The van der Waals surface area contributed by atoms with Crippen molar-refractivity contribution in [3.63, 3.8) is 0 Å². The van der Waals surface area contributed by atoms with Crippen molar-refractivity contribution in [2.75, 3.05) is 38.1 Å². The monoisotopic (exact) mass is 2010 g/mol. The molecular formula is C122H180ClN11O9S. The number of hydrogen-bond donors (Lipinski definition) is 5. The van der Waals surface area contributed by atoms with E-state index in [-0.39, 0.29) is 39.8 Å². The second kappa shape index (κ2) is 62.1. The van der Waals surface area contributed by atoms with Gasteiger partial charge in [-0.2, -0.15) is 8.84 Å². The smallest absolute Gasteiger partial charge is 0.316 e. The Bertz CT molecular complexity index is 5620. The summed E-state index contributed by atoms with van der Waals surface area (Å²) in [6, 6.07) is 43.4. The van der Waals surface area contributed by atoms with Gasteiger partial charge in [-0.15, -0.1) is 14.8 Å². The van der Waals surface area contributed by atoms with E-state index in [1.807, 2.05) is 75.1 Å². The van der Waals surface area contributed by atoms with Crippen LogP contribution in [0.2, 0.25) is 5.02 Å². The standard InChI is InChI=1S/C52H77N5O3S.C40H65NO2.C30H38ClN5O4/c1-8-11-14-17-20-23-26-41-28-30-44(40(4)33-41)34-43-35-45(51-53-50-39-49(52(5,6)7)54-57(50)55-51)38-46(36-43)56-61(58)60-47-31-29-42(27-24-21-18-15-12-9-2)37-48(47)59-32-25-22-19-16-13-10-3;1-10-12-14-16-18-20-22-41(23-21-19-17-15-13-11-2)40(43)38-26-33(24-32(9)39(38)42)25-37-35(30(5)6)27-34(29(3)4)28-36(37)31(7)8;1-6-7-8-9-14-25(39-22-16-15-19(2)17-20(22)3)29(37)32-18-21(4)27-33-28-26(31)30(35-36(28)34-27)40-24-13-11-10-12-23(24)38-5/h28-31,33,35-39,54,56H,8-27,32,34H2,1-7H3;24,26-31,42H,10-23,25H2,1-9H3;10-13,15-17,21,25H,6-9,14,18H2,1-5H3,(H,32,37)(H,33,34). The summed E-state index contributed by atoms with van der Waals surface area (Å²) in [7, 11) is 1.57. The summed E-state index contributed by atoms with van der Waals surface area (Å²) in [5.74, 6) is 5.58. The molecule has 11 aromatic rings. The molecule has 22 heteroatoms. The Kier molecular flexibility index (Phi) is 50.7. The van der Waals surface area contributed by atoms with Gasteiger partial charge in [0.1, 0.15) is 17.3 Å². The van der Waals surface area contributed by atoms with Crippen LogP contribution < -0.4 is 33.2 Å². The Morgan fingerprint density at radius 2 is 1.07 bits per heavy atom. The number of carbonyl (C=O) groups is 2. The predicted octanol–water partition coefficient (Wildman–Crippen LogP) is 33.1. The molecule has 0 spiro atoms. The quantitative estimate of drug-likeness (QED) is 0.0223. The molecule has 0 saturated heterocycles. The molecule has 4 heterocycles.